The maximum atomic E-state index is 13.1. The van der Waals surface area contributed by atoms with Crippen molar-refractivity contribution in [2.24, 2.45) is 0 Å². The van der Waals surface area contributed by atoms with Crippen LogP contribution in [0, 0.1) is 20.8 Å². The first-order valence-corrected chi connectivity index (χ1v) is 9.28. The lowest BCUT2D eigenvalue weighted by molar-refractivity contribution is 0.0429. The molecule has 0 aliphatic carbocycles. The van der Waals surface area contributed by atoms with Crippen molar-refractivity contribution in [2.45, 2.75) is 45.9 Å². The topological polar surface area (TPSA) is 97.1 Å². The van der Waals surface area contributed by atoms with Gasteiger partial charge >= 0.3 is 0 Å². The number of H-pyrrole nitrogens is 1. The van der Waals surface area contributed by atoms with E-state index in [1.165, 1.54) is 12.0 Å². The van der Waals surface area contributed by atoms with Crippen LogP contribution >= 0.6 is 0 Å². The van der Waals surface area contributed by atoms with Gasteiger partial charge in [0.1, 0.15) is 5.82 Å². The highest BCUT2D eigenvalue weighted by Gasteiger charge is 2.40. The number of ether oxygens (including phenoxy) is 1. The Labute approximate surface area is 162 Å². The first-order valence-electron chi connectivity index (χ1n) is 9.28. The number of aromatic amines is 1. The van der Waals surface area contributed by atoms with Gasteiger partial charge in [0.2, 0.25) is 5.76 Å². The molecule has 8 heteroatoms. The number of benzene rings is 1. The van der Waals surface area contributed by atoms with Gasteiger partial charge in [-0.05, 0) is 26.3 Å². The molecule has 0 unspecified atom stereocenters. The lowest BCUT2D eigenvalue weighted by Gasteiger charge is -2.21. The molecule has 1 fully saturated rings. The molecule has 3 aromatic rings. The maximum absolute atomic E-state index is 13.1. The Kier molecular flexibility index (Phi) is 4.95. The average molecular weight is 381 g/mol. The monoisotopic (exact) mass is 381 g/mol. The van der Waals surface area contributed by atoms with E-state index in [1.807, 2.05) is 19.1 Å². The zero-order valence-electron chi connectivity index (χ0n) is 16.2. The summed E-state index contributed by atoms with van der Waals surface area (Å²) in [6.45, 7) is 6.59. The predicted molar refractivity (Wildman–Crippen MR) is 101 cm³/mol. The van der Waals surface area contributed by atoms with Crippen molar-refractivity contribution in [1.82, 2.24) is 25.1 Å². The third kappa shape index (κ3) is 3.68. The molecule has 2 atom stereocenters. The Morgan fingerprint density at radius 1 is 1.36 bits per heavy atom. The van der Waals surface area contributed by atoms with Crippen molar-refractivity contribution >= 4 is 5.91 Å². The van der Waals surface area contributed by atoms with Crippen LogP contribution in [-0.4, -0.2) is 43.6 Å². The second-order valence-corrected chi connectivity index (χ2v) is 7.18. The van der Waals surface area contributed by atoms with E-state index in [0.29, 0.717) is 36.9 Å². The highest BCUT2D eigenvalue weighted by atomic mass is 16.5. The summed E-state index contributed by atoms with van der Waals surface area (Å²) >= 11 is 0. The van der Waals surface area contributed by atoms with Crippen molar-refractivity contribution in [1.29, 1.82) is 0 Å². The van der Waals surface area contributed by atoms with Crippen molar-refractivity contribution in [3.63, 3.8) is 0 Å². The SMILES string of the molecule is Cc1cccc(CO[C@H]2C[C@@H](c3n[nH]c(C)n3)N(C(=O)c3ocnc3C)C2)c1. The number of hydrogen-bond acceptors (Lipinski definition) is 6. The molecule has 1 amide bonds. The number of carbonyl (C=O) groups is 1. The van der Waals surface area contributed by atoms with Crippen LogP contribution in [0.15, 0.2) is 35.1 Å². The number of aromatic nitrogens is 4. The van der Waals surface area contributed by atoms with Gasteiger partial charge in [-0.25, -0.2) is 9.97 Å². The van der Waals surface area contributed by atoms with E-state index in [1.54, 1.807) is 11.8 Å². The summed E-state index contributed by atoms with van der Waals surface area (Å²) in [5, 5.41) is 7.12. The minimum atomic E-state index is -0.274. The molecule has 28 heavy (non-hydrogen) atoms. The minimum absolute atomic E-state index is 0.114. The van der Waals surface area contributed by atoms with Gasteiger partial charge < -0.3 is 14.1 Å². The standard InChI is InChI=1S/C20H23N5O3/c1-12-5-4-6-15(7-12)10-27-16-8-17(19-22-14(3)23-24-19)25(9-16)20(26)18-13(2)21-11-28-18/h4-7,11,16-17H,8-10H2,1-3H3,(H,22,23,24)/t16-,17-/m0/s1. The Balaban J connectivity index is 1.53. The largest absolute Gasteiger partial charge is 0.438 e. The lowest BCUT2D eigenvalue weighted by Crippen LogP contribution is -2.32. The van der Waals surface area contributed by atoms with Gasteiger partial charge in [-0.15, -0.1) is 0 Å². The Morgan fingerprint density at radius 3 is 2.89 bits per heavy atom. The van der Waals surface area contributed by atoms with E-state index in [2.05, 4.69) is 39.2 Å². The summed E-state index contributed by atoms with van der Waals surface area (Å²) < 4.78 is 11.4. The number of likely N-dealkylation sites (tertiary alicyclic amines) is 1. The molecule has 4 rings (SSSR count). The van der Waals surface area contributed by atoms with Crippen LogP contribution in [0.4, 0.5) is 0 Å². The van der Waals surface area contributed by atoms with Crippen LogP contribution in [0.5, 0.6) is 0 Å². The number of oxazole rings is 1. The Bertz CT molecular complexity index is 980. The van der Waals surface area contributed by atoms with E-state index in [0.717, 1.165) is 5.56 Å². The van der Waals surface area contributed by atoms with Gasteiger partial charge in [-0.3, -0.25) is 9.89 Å². The van der Waals surface area contributed by atoms with E-state index >= 15 is 0 Å². The molecular formula is C20H23N5O3. The predicted octanol–water partition coefficient (Wildman–Crippen LogP) is 2.89. The quantitative estimate of drug-likeness (QED) is 0.730. The Morgan fingerprint density at radius 2 is 2.21 bits per heavy atom. The first kappa shape index (κ1) is 18.4. The number of amides is 1. The zero-order chi connectivity index (χ0) is 19.7. The molecule has 1 aliphatic heterocycles. The van der Waals surface area contributed by atoms with Crippen LogP contribution in [0.2, 0.25) is 0 Å². The fourth-order valence-electron chi connectivity index (χ4n) is 3.55. The summed E-state index contributed by atoms with van der Waals surface area (Å²) in [5.74, 6) is 1.33. The lowest BCUT2D eigenvalue weighted by atomic mass is 10.1. The van der Waals surface area contributed by atoms with Crippen molar-refractivity contribution < 1.29 is 13.9 Å². The van der Waals surface area contributed by atoms with Crippen LogP contribution in [0.1, 0.15) is 51.5 Å². The smallest absolute Gasteiger partial charge is 0.292 e. The van der Waals surface area contributed by atoms with E-state index in [4.69, 9.17) is 9.15 Å². The molecule has 3 heterocycles. The number of carbonyl (C=O) groups excluding carboxylic acids is 1. The fraction of sp³-hybridized carbons (Fsp3) is 0.400. The summed E-state index contributed by atoms with van der Waals surface area (Å²) in [6, 6.07) is 7.94. The molecule has 0 bridgehead atoms. The van der Waals surface area contributed by atoms with Gasteiger partial charge in [0.05, 0.1) is 24.4 Å². The van der Waals surface area contributed by atoms with Gasteiger partial charge in [0, 0.05) is 13.0 Å². The highest BCUT2D eigenvalue weighted by molar-refractivity contribution is 5.92. The third-order valence-corrected chi connectivity index (χ3v) is 4.94. The third-order valence-electron chi connectivity index (χ3n) is 4.94. The molecular weight excluding hydrogens is 358 g/mol. The van der Waals surface area contributed by atoms with Gasteiger partial charge in [0.25, 0.3) is 5.91 Å². The summed E-state index contributed by atoms with van der Waals surface area (Å²) in [5.41, 5.74) is 2.87. The van der Waals surface area contributed by atoms with Gasteiger partial charge in [-0.2, -0.15) is 5.10 Å². The number of aryl methyl sites for hydroxylation is 3. The highest BCUT2D eigenvalue weighted by Crippen LogP contribution is 2.33. The first-order chi connectivity index (χ1) is 13.5. The second-order valence-electron chi connectivity index (χ2n) is 7.18. The Hall–Kier alpha value is -3.00. The fourth-order valence-corrected chi connectivity index (χ4v) is 3.55. The summed E-state index contributed by atoms with van der Waals surface area (Å²) in [7, 11) is 0. The van der Waals surface area contributed by atoms with E-state index < -0.39 is 0 Å². The van der Waals surface area contributed by atoms with Crippen molar-refractivity contribution in [3.8, 4) is 0 Å². The molecule has 0 radical (unpaired) electrons. The molecule has 1 N–H and O–H groups in total. The molecule has 8 nitrogen and oxygen atoms in total. The van der Waals surface area contributed by atoms with Crippen LogP contribution < -0.4 is 0 Å². The molecule has 0 saturated carbocycles. The van der Waals surface area contributed by atoms with E-state index in [-0.39, 0.29) is 23.8 Å². The number of rotatable bonds is 5. The minimum Gasteiger partial charge on any atom is -0.438 e. The van der Waals surface area contributed by atoms with Gasteiger partial charge in [-0.1, -0.05) is 29.8 Å². The van der Waals surface area contributed by atoms with Gasteiger partial charge in [0.15, 0.2) is 12.2 Å². The van der Waals surface area contributed by atoms with Crippen LogP contribution in [-0.2, 0) is 11.3 Å². The van der Waals surface area contributed by atoms with Crippen molar-refractivity contribution in [3.05, 3.63) is 64.9 Å². The summed E-state index contributed by atoms with van der Waals surface area (Å²) in [6.07, 6.45) is 1.80. The molecule has 2 aromatic heterocycles. The van der Waals surface area contributed by atoms with Crippen LogP contribution in [0.25, 0.3) is 0 Å². The average Bonchev–Trinajstić information content (AvgIpc) is 3.39. The molecule has 0 spiro atoms. The molecule has 1 aliphatic rings. The molecule has 1 saturated heterocycles. The zero-order valence-corrected chi connectivity index (χ0v) is 16.2. The molecule has 1 aromatic carbocycles. The van der Waals surface area contributed by atoms with Crippen LogP contribution in [0.3, 0.4) is 0 Å². The maximum Gasteiger partial charge on any atom is 0.292 e. The number of nitrogens with one attached hydrogen (secondary N) is 1. The van der Waals surface area contributed by atoms with Crippen molar-refractivity contribution in [2.75, 3.05) is 6.54 Å². The number of nitrogens with zero attached hydrogens (tertiary/aromatic N) is 4. The number of hydrogen-bond donors (Lipinski definition) is 1. The molecule has 146 valence electrons. The van der Waals surface area contributed by atoms with E-state index in [9.17, 15) is 4.79 Å². The summed E-state index contributed by atoms with van der Waals surface area (Å²) in [4.78, 5) is 23.2. The second kappa shape index (κ2) is 7.55. The normalized spacial score (nSPS) is 19.3.